The van der Waals surface area contributed by atoms with Crippen molar-refractivity contribution < 1.29 is 4.74 Å². The quantitative estimate of drug-likeness (QED) is 0.531. The zero-order chi connectivity index (χ0) is 19.5. The van der Waals surface area contributed by atoms with Gasteiger partial charge in [-0.2, -0.15) is 0 Å². The van der Waals surface area contributed by atoms with Gasteiger partial charge in [0.2, 0.25) is 0 Å². The first-order valence-corrected chi connectivity index (χ1v) is 9.86. The van der Waals surface area contributed by atoms with Crippen molar-refractivity contribution in [3.63, 3.8) is 0 Å². The summed E-state index contributed by atoms with van der Waals surface area (Å²) in [6.45, 7) is 0. The molecule has 5 nitrogen and oxygen atoms in total. The van der Waals surface area contributed by atoms with E-state index in [-0.39, 0.29) is 11.9 Å². The van der Waals surface area contributed by atoms with Gasteiger partial charge in [-0.3, -0.25) is 10.4 Å². The lowest BCUT2D eigenvalue weighted by Gasteiger charge is -2.28. The third-order valence-corrected chi connectivity index (χ3v) is 5.67. The van der Waals surface area contributed by atoms with Crippen LogP contribution in [0.1, 0.15) is 37.7 Å². The minimum Gasteiger partial charge on any atom is -0.457 e. The van der Waals surface area contributed by atoms with Crippen LogP contribution in [-0.2, 0) is 0 Å². The number of ether oxygens (including phenoxy) is 1. The summed E-state index contributed by atoms with van der Waals surface area (Å²) in [4.78, 5) is 4.71. The SMILES string of the molecule is N=C(N)C1=C(c2ccc(Oc3ccccc3)cc2)CC(C2CCCC2)N=C1N. The van der Waals surface area contributed by atoms with E-state index in [4.69, 9.17) is 26.6 Å². The molecule has 1 saturated carbocycles. The van der Waals surface area contributed by atoms with Gasteiger partial charge >= 0.3 is 0 Å². The van der Waals surface area contributed by atoms with Crippen LogP contribution >= 0.6 is 0 Å². The number of hydrogen-bond acceptors (Lipinski definition) is 4. The van der Waals surface area contributed by atoms with E-state index in [0.717, 1.165) is 29.1 Å². The summed E-state index contributed by atoms with van der Waals surface area (Å²) in [5, 5.41) is 8.00. The maximum absolute atomic E-state index is 8.00. The normalized spacial score (nSPS) is 20.1. The van der Waals surface area contributed by atoms with E-state index < -0.39 is 0 Å². The Bertz CT molecular complexity index is 909. The van der Waals surface area contributed by atoms with Crippen molar-refractivity contribution in [3.8, 4) is 11.5 Å². The molecule has 2 aliphatic rings. The average Bonchev–Trinajstić information content (AvgIpc) is 3.23. The van der Waals surface area contributed by atoms with Crippen LogP contribution in [0.3, 0.4) is 0 Å². The number of aliphatic imine (C=N–C) groups is 1. The lowest BCUT2D eigenvalue weighted by Crippen LogP contribution is -2.34. The van der Waals surface area contributed by atoms with Gasteiger partial charge in [0, 0.05) is 0 Å². The topological polar surface area (TPSA) is 97.5 Å². The monoisotopic (exact) mass is 374 g/mol. The fourth-order valence-electron chi connectivity index (χ4n) is 4.28. The van der Waals surface area contributed by atoms with Crippen molar-refractivity contribution in [2.75, 3.05) is 0 Å². The minimum atomic E-state index is -0.0225. The van der Waals surface area contributed by atoms with Crippen LogP contribution in [0.25, 0.3) is 5.57 Å². The molecule has 0 saturated heterocycles. The molecule has 2 aromatic carbocycles. The van der Waals surface area contributed by atoms with E-state index >= 15 is 0 Å². The lowest BCUT2D eigenvalue weighted by atomic mass is 9.84. The van der Waals surface area contributed by atoms with Crippen LogP contribution in [0.15, 0.2) is 65.2 Å². The predicted molar refractivity (Wildman–Crippen MR) is 114 cm³/mol. The summed E-state index contributed by atoms with van der Waals surface area (Å²) in [6, 6.07) is 17.8. The molecular formula is C23H26N4O. The van der Waals surface area contributed by atoms with E-state index in [1.807, 2.05) is 54.6 Å². The molecule has 2 aromatic rings. The maximum Gasteiger partial charge on any atom is 0.129 e. The van der Waals surface area contributed by atoms with Crippen molar-refractivity contribution in [2.24, 2.45) is 22.4 Å². The van der Waals surface area contributed by atoms with Crippen LogP contribution in [0, 0.1) is 11.3 Å². The Morgan fingerprint density at radius 1 is 0.964 bits per heavy atom. The number of hydrogen-bond donors (Lipinski definition) is 3. The summed E-state index contributed by atoms with van der Waals surface area (Å²) >= 11 is 0. The Hall–Kier alpha value is -3.08. The van der Waals surface area contributed by atoms with Gasteiger partial charge in [0.15, 0.2) is 0 Å². The Balaban J connectivity index is 1.61. The van der Waals surface area contributed by atoms with E-state index in [1.165, 1.54) is 25.7 Å². The largest absolute Gasteiger partial charge is 0.457 e. The molecule has 1 unspecified atom stereocenters. The molecule has 0 amide bonds. The molecule has 28 heavy (non-hydrogen) atoms. The van der Waals surface area contributed by atoms with Crippen molar-refractivity contribution in [2.45, 2.75) is 38.1 Å². The fourth-order valence-corrected chi connectivity index (χ4v) is 4.28. The zero-order valence-electron chi connectivity index (χ0n) is 15.9. The van der Waals surface area contributed by atoms with Gasteiger partial charge in [0.05, 0.1) is 11.6 Å². The highest BCUT2D eigenvalue weighted by molar-refractivity contribution is 6.26. The number of nitrogens with one attached hydrogen (secondary N) is 1. The maximum atomic E-state index is 8.00. The number of nitrogens with two attached hydrogens (primary N) is 2. The molecule has 1 aliphatic carbocycles. The summed E-state index contributed by atoms with van der Waals surface area (Å²) in [5.74, 6) is 2.52. The highest BCUT2D eigenvalue weighted by Gasteiger charge is 2.31. The van der Waals surface area contributed by atoms with Crippen molar-refractivity contribution in [1.29, 1.82) is 5.41 Å². The molecule has 144 valence electrons. The Labute approximate surface area is 165 Å². The second-order valence-electron chi connectivity index (χ2n) is 7.54. The molecule has 0 spiro atoms. The fraction of sp³-hybridized carbons (Fsp3) is 0.304. The highest BCUT2D eigenvalue weighted by Crippen LogP contribution is 2.38. The van der Waals surface area contributed by atoms with E-state index in [0.29, 0.717) is 17.3 Å². The summed E-state index contributed by atoms with van der Waals surface area (Å²) in [6.07, 6.45) is 5.71. The standard InChI is InChI=1S/C23H26N4O/c24-22(25)21-19(14-20(27-23(21)26)16-6-4-5-7-16)15-10-12-18(13-11-15)28-17-8-2-1-3-9-17/h1-3,8-13,16,20H,4-7,14H2,(H3,24,25)(H2,26,27). The van der Waals surface area contributed by atoms with Gasteiger partial charge in [0.25, 0.3) is 0 Å². The first kappa shape index (κ1) is 18.3. The molecule has 0 bridgehead atoms. The van der Waals surface area contributed by atoms with Crippen molar-refractivity contribution in [1.82, 2.24) is 0 Å². The smallest absolute Gasteiger partial charge is 0.129 e. The number of para-hydroxylation sites is 1. The second-order valence-corrected chi connectivity index (χ2v) is 7.54. The van der Waals surface area contributed by atoms with Gasteiger partial charge in [-0.1, -0.05) is 43.2 Å². The number of amidine groups is 2. The third-order valence-electron chi connectivity index (χ3n) is 5.67. The van der Waals surface area contributed by atoms with E-state index in [1.54, 1.807) is 0 Å². The number of rotatable bonds is 5. The zero-order valence-corrected chi connectivity index (χ0v) is 15.9. The van der Waals surface area contributed by atoms with Gasteiger partial charge < -0.3 is 16.2 Å². The minimum absolute atomic E-state index is 0.0225. The molecule has 0 aromatic heterocycles. The average molecular weight is 374 g/mol. The van der Waals surface area contributed by atoms with Gasteiger partial charge in [-0.15, -0.1) is 0 Å². The molecule has 0 radical (unpaired) electrons. The summed E-state index contributed by atoms with van der Waals surface area (Å²) in [7, 11) is 0. The molecule has 1 atom stereocenters. The number of benzene rings is 2. The summed E-state index contributed by atoms with van der Waals surface area (Å²) in [5.41, 5.74) is 14.7. The lowest BCUT2D eigenvalue weighted by molar-refractivity contribution is 0.437. The van der Waals surface area contributed by atoms with Crippen LogP contribution in [-0.4, -0.2) is 17.7 Å². The Morgan fingerprint density at radius 2 is 1.61 bits per heavy atom. The van der Waals surface area contributed by atoms with Crippen molar-refractivity contribution in [3.05, 3.63) is 65.7 Å². The Kier molecular flexibility index (Phi) is 5.15. The van der Waals surface area contributed by atoms with Crippen LogP contribution in [0.5, 0.6) is 11.5 Å². The summed E-state index contributed by atoms with van der Waals surface area (Å²) < 4.78 is 5.89. The number of nitrogens with zero attached hydrogens (tertiary/aromatic N) is 1. The number of dihydropyridines is 1. The highest BCUT2D eigenvalue weighted by atomic mass is 16.5. The molecule has 1 fully saturated rings. The predicted octanol–water partition coefficient (Wildman–Crippen LogP) is 4.49. The molecule has 5 heteroatoms. The third kappa shape index (κ3) is 3.79. The Morgan fingerprint density at radius 3 is 2.25 bits per heavy atom. The molecule has 1 aliphatic heterocycles. The van der Waals surface area contributed by atoms with E-state index in [9.17, 15) is 0 Å². The van der Waals surface area contributed by atoms with Gasteiger partial charge in [0.1, 0.15) is 23.2 Å². The second kappa shape index (κ2) is 7.89. The molecule has 4 rings (SSSR count). The first-order valence-electron chi connectivity index (χ1n) is 9.86. The van der Waals surface area contributed by atoms with Gasteiger partial charge in [-0.05, 0) is 60.6 Å². The van der Waals surface area contributed by atoms with Crippen LogP contribution < -0.4 is 16.2 Å². The van der Waals surface area contributed by atoms with Crippen molar-refractivity contribution >= 4 is 17.2 Å². The molecule has 1 heterocycles. The van der Waals surface area contributed by atoms with Crippen LogP contribution in [0.4, 0.5) is 0 Å². The first-order chi connectivity index (χ1) is 13.6. The van der Waals surface area contributed by atoms with Gasteiger partial charge in [-0.25, -0.2) is 0 Å². The molecule has 5 N–H and O–H groups in total. The van der Waals surface area contributed by atoms with E-state index in [2.05, 4.69) is 0 Å². The molecular weight excluding hydrogens is 348 g/mol. The van der Waals surface area contributed by atoms with Crippen LogP contribution in [0.2, 0.25) is 0 Å².